The predicted molar refractivity (Wildman–Crippen MR) is 82.3 cm³/mol. The van der Waals surface area contributed by atoms with Crippen molar-refractivity contribution in [1.29, 1.82) is 0 Å². The van der Waals surface area contributed by atoms with Gasteiger partial charge in [0.25, 0.3) is 0 Å². The van der Waals surface area contributed by atoms with Crippen molar-refractivity contribution in [3.8, 4) is 5.75 Å². The number of amides is 1. The lowest BCUT2D eigenvalue weighted by Crippen LogP contribution is -2.39. The van der Waals surface area contributed by atoms with Gasteiger partial charge >= 0.3 is 0 Å². The van der Waals surface area contributed by atoms with E-state index in [-0.39, 0.29) is 18.4 Å². The molecule has 116 valence electrons. The van der Waals surface area contributed by atoms with Crippen LogP contribution in [0.4, 0.5) is 0 Å². The highest BCUT2D eigenvalue weighted by Gasteiger charge is 2.33. The number of nitrogens with one attached hydrogen (secondary N) is 1. The number of methoxy groups -OCH3 is 1. The van der Waals surface area contributed by atoms with Crippen LogP contribution in [0.2, 0.25) is 0 Å². The number of aliphatic hydroxyl groups is 1. The fraction of sp³-hybridized carbons (Fsp3) is 0.588. The number of ether oxygens (including phenoxy) is 1. The molecule has 1 aromatic carbocycles. The fourth-order valence-corrected chi connectivity index (χ4v) is 3.04. The molecule has 1 saturated carbocycles. The Hall–Kier alpha value is -1.55. The van der Waals surface area contributed by atoms with Crippen molar-refractivity contribution in [3.63, 3.8) is 0 Å². The second-order valence-corrected chi connectivity index (χ2v) is 6.13. The molecule has 0 saturated heterocycles. The van der Waals surface area contributed by atoms with Crippen molar-refractivity contribution < 1.29 is 14.6 Å². The molecule has 1 aromatic rings. The molecule has 0 aromatic heterocycles. The zero-order valence-electron chi connectivity index (χ0n) is 12.9. The Morgan fingerprint density at radius 1 is 1.43 bits per heavy atom. The smallest absolute Gasteiger partial charge is 0.223 e. The van der Waals surface area contributed by atoms with E-state index in [0.29, 0.717) is 0 Å². The highest BCUT2D eigenvalue weighted by molar-refractivity contribution is 5.77. The third-order valence-corrected chi connectivity index (χ3v) is 4.11. The van der Waals surface area contributed by atoms with E-state index in [1.54, 1.807) is 7.11 Å². The van der Waals surface area contributed by atoms with Crippen LogP contribution in [0.5, 0.6) is 5.75 Å². The van der Waals surface area contributed by atoms with Gasteiger partial charge < -0.3 is 15.2 Å². The summed E-state index contributed by atoms with van der Waals surface area (Å²) in [6.07, 6.45) is 4.48. The fourth-order valence-electron chi connectivity index (χ4n) is 3.04. The van der Waals surface area contributed by atoms with E-state index in [1.807, 2.05) is 31.2 Å². The van der Waals surface area contributed by atoms with Crippen LogP contribution in [0.15, 0.2) is 24.3 Å². The van der Waals surface area contributed by atoms with Crippen molar-refractivity contribution in [2.45, 2.75) is 57.1 Å². The summed E-state index contributed by atoms with van der Waals surface area (Å²) in [6, 6.07) is 7.89. The minimum Gasteiger partial charge on any atom is -0.497 e. The number of rotatable bonds is 6. The summed E-state index contributed by atoms with van der Waals surface area (Å²) in [5.74, 6) is 0.765. The Labute approximate surface area is 126 Å². The van der Waals surface area contributed by atoms with E-state index in [4.69, 9.17) is 4.74 Å². The van der Waals surface area contributed by atoms with Crippen LogP contribution in [0.25, 0.3) is 0 Å². The third-order valence-electron chi connectivity index (χ3n) is 4.11. The monoisotopic (exact) mass is 291 g/mol. The maximum Gasteiger partial charge on any atom is 0.223 e. The molecule has 0 bridgehead atoms. The van der Waals surface area contributed by atoms with Gasteiger partial charge in [0, 0.05) is 6.04 Å². The van der Waals surface area contributed by atoms with Crippen LogP contribution in [0.1, 0.15) is 44.6 Å². The summed E-state index contributed by atoms with van der Waals surface area (Å²) in [5.41, 5.74) is 0.349. The quantitative estimate of drug-likeness (QED) is 0.846. The summed E-state index contributed by atoms with van der Waals surface area (Å²) >= 11 is 0. The van der Waals surface area contributed by atoms with Gasteiger partial charge in [0.2, 0.25) is 5.91 Å². The zero-order chi connectivity index (χ0) is 15.3. The molecule has 0 spiro atoms. The average molecular weight is 291 g/mol. The molecule has 0 aliphatic heterocycles. The highest BCUT2D eigenvalue weighted by Crippen LogP contribution is 2.32. The molecular weight excluding hydrogens is 266 g/mol. The Bertz CT molecular complexity index is 481. The molecule has 1 fully saturated rings. The molecular formula is C17H25NO3. The van der Waals surface area contributed by atoms with Gasteiger partial charge in [-0.15, -0.1) is 0 Å². The molecule has 0 radical (unpaired) electrons. The SMILES string of the molecule is COc1cccc(C[C@H](C)NC(=O)CC2(O)CCCC2)c1. The van der Waals surface area contributed by atoms with Gasteiger partial charge in [-0.25, -0.2) is 0 Å². The van der Waals surface area contributed by atoms with Gasteiger partial charge in [-0.3, -0.25) is 4.79 Å². The largest absolute Gasteiger partial charge is 0.497 e. The molecule has 1 atom stereocenters. The lowest BCUT2D eigenvalue weighted by Gasteiger charge is -2.23. The summed E-state index contributed by atoms with van der Waals surface area (Å²) < 4.78 is 5.20. The number of hydrogen-bond donors (Lipinski definition) is 2. The molecule has 1 aliphatic rings. The molecule has 0 unspecified atom stereocenters. The van der Waals surface area contributed by atoms with Crippen LogP contribution in [0.3, 0.4) is 0 Å². The Morgan fingerprint density at radius 2 is 2.14 bits per heavy atom. The van der Waals surface area contributed by atoms with Crippen LogP contribution in [0, 0.1) is 0 Å². The number of carbonyl (C=O) groups is 1. The van der Waals surface area contributed by atoms with Gasteiger partial charge in [-0.2, -0.15) is 0 Å². The Balaban J connectivity index is 1.83. The maximum atomic E-state index is 12.0. The van der Waals surface area contributed by atoms with E-state index in [2.05, 4.69) is 5.32 Å². The minimum absolute atomic E-state index is 0.0367. The molecule has 0 heterocycles. The normalized spacial score (nSPS) is 18.2. The first-order valence-corrected chi connectivity index (χ1v) is 7.65. The van der Waals surface area contributed by atoms with Crippen molar-refractivity contribution >= 4 is 5.91 Å². The lowest BCUT2D eigenvalue weighted by molar-refractivity contribution is -0.126. The van der Waals surface area contributed by atoms with E-state index in [9.17, 15) is 9.90 Å². The first-order valence-electron chi connectivity index (χ1n) is 7.65. The topological polar surface area (TPSA) is 58.6 Å². The highest BCUT2D eigenvalue weighted by atomic mass is 16.5. The van der Waals surface area contributed by atoms with E-state index in [0.717, 1.165) is 43.4 Å². The summed E-state index contributed by atoms with van der Waals surface area (Å²) in [4.78, 5) is 12.0. The number of hydrogen-bond acceptors (Lipinski definition) is 3. The minimum atomic E-state index is -0.778. The molecule has 4 nitrogen and oxygen atoms in total. The van der Waals surface area contributed by atoms with Crippen molar-refractivity contribution in [2.24, 2.45) is 0 Å². The van der Waals surface area contributed by atoms with Gasteiger partial charge in [-0.1, -0.05) is 25.0 Å². The molecule has 1 aliphatic carbocycles. The van der Waals surface area contributed by atoms with Gasteiger partial charge in [0.1, 0.15) is 5.75 Å². The molecule has 2 N–H and O–H groups in total. The number of benzene rings is 1. The van der Waals surface area contributed by atoms with Crippen molar-refractivity contribution in [3.05, 3.63) is 29.8 Å². The molecule has 1 amide bonds. The lowest BCUT2D eigenvalue weighted by atomic mass is 9.97. The van der Waals surface area contributed by atoms with Crippen LogP contribution < -0.4 is 10.1 Å². The zero-order valence-corrected chi connectivity index (χ0v) is 12.9. The molecule has 2 rings (SSSR count). The van der Waals surface area contributed by atoms with E-state index < -0.39 is 5.60 Å². The second kappa shape index (κ2) is 6.94. The van der Waals surface area contributed by atoms with E-state index in [1.165, 1.54) is 0 Å². The van der Waals surface area contributed by atoms with Gasteiger partial charge in [0.15, 0.2) is 0 Å². The summed E-state index contributed by atoms with van der Waals surface area (Å²) in [5, 5.41) is 13.2. The Kier molecular flexibility index (Phi) is 5.23. The predicted octanol–water partition coefficient (Wildman–Crippen LogP) is 2.44. The summed E-state index contributed by atoms with van der Waals surface area (Å²) in [7, 11) is 1.65. The average Bonchev–Trinajstić information content (AvgIpc) is 2.84. The van der Waals surface area contributed by atoms with Crippen molar-refractivity contribution in [1.82, 2.24) is 5.32 Å². The van der Waals surface area contributed by atoms with Gasteiger partial charge in [-0.05, 0) is 43.9 Å². The summed E-state index contributed by atoms with van der Waals surface area (Å²) in [6.45, 7) is 1.98. The first-order chi connectivity index (χ1) is 10.0. The van der Waals surface area contributed by atoms with Crippen LogP contribution >= 0.6 is 0 Å². The first kappa shape index (κ1) is 15.8. The molecule has 21 heavy (non-hydrogen) atoms. The number of carbonyl (C=O) groups excluding carboxylic acids is 1. The van der Waals surface area contributed by atoms with Crippen LogP contribution in [-0.2, 0) is 11.2 Å². The Morgan fingerprint density at radius 3 is 2.81 bits per heavy atom. The van der Waals surface area contributed by atoms with Crippen LogP contribution in [-0.4, -0.2) is 29.8 Å². The van der Waals surface area contributed by atoms with Crippen molar-refractivity contribution in [2.75, 3.05) is 7.11 Å². The second-order valence-electron chi connectivity index (χ2n) is 6.13. The van der Waals surface area contributed by atoms with Gasteiger partial charge in [0.05, 0.1) is 19.1 Å². The maximum absolute atomic E-state index is 12.0. The standard InChI is InChI=1S/C17H25NO3/c1-13(10-14-6-5-7-15(11-14)21-2)18-16(19)12-17(20)8-3-4-9-17/h5-7,11,13,20H,3-4,8-10,12H2,1-2H3,(H,18,19)/t13-/m0/s1. The third kappa shape index (κ3) is 4.74. The molecule has 4 heteroatoms. The van der Waals surface area contributed by atoms with E-state index >= 15 is 0 Å².